The summed E-state index contributed by atoms with van der Waals surface area (Å²) in [6.45, 7) is 0.463. The maximum atomic E-state index is 12.7. The van der Waals surface area contributed by atoms with Gasteiger partial charge in [0, 0.05) is 6.07 Å². The number of carbonyl (C=O) groups excluding carboxylic acids is 1. The van der Waals surface area contributed by atoms with Crippen molar-refractivity contribution in [1.82, 2.24) is 5.32 Å². The Kier molecular flexibility index (Phi) is 7.05. The highest BCUT2D eigenvalue weighted by atomic mass is 32.2. The molecule has 0 unspecified atom stereocenters. The largest absolute Gasteiger partial charge is 0.492 e. The number of nitro benzene ring substituents is 1. The molecule has 6 nitrogen and oxygen atoms in total. The van der Waals surface area contributed by atoms with E-state index in [2.05, 4.69) is 5.32 Å². The lowest BCUT2D eigenvalue weighted by Gasteiger charge is -2.09. The molecule has 10 heteroatoms. The van der Waals surface area contributed by atoms with Gasteiger partial charge in [-0.3, -0.25) is 14.9 Å². The number of hydrogen-bond acceptors (Lipinski definition) is 5. The Morgan fingerprint density at radius 1 is 1.19 bits per heavy atom. The Balaban J connectivity index is 1.84. The number of nitro groups is 1. The van der Waals surface area contributed by atoms with Crippen LogP contribution in [-0.2, 0) is 11.0 Å². The molecule has 0 aliphatic carbocycles. The number of alkyl halides is 3. The van der Waals surface area contributed by atoms with Gasteiger partial charge in [0.25, 0.3) is 5.69 Å². The fourth-order valence-electron chi connectivity index (χ4n) is 2.03. The van der Waals surface area contributed by atoms with Crippen LogP contribution < -0.4 is 10.1 Å². The first-order valence-electron chi connectivity index (χ1n) is 7.70. The third-order valence-electron chi connectivity index (χ3n) is 3.28. The molecule has 0 aliphatic heterocycles. The zero-order valence-electron chi connectivity index (χ0n) is 13.9. The molecule has 0 aliphatic rings. The molecule has 2 aromatic carbocycles. The van der Waals surface area contributed by atoms with Crippen LogP contribution in [0.25, 0.3) is 0 Å². The lowest BCUT2D eigenvalue weighted by molar-refractivity contribution is -0.388. The normalized spacial score (nSPS) is 11.1. The highest BCUT2D eigenvalue weighted by Gasteiger charge is 2.33. The van der Waals surface area contributed by atoms with Crippen molar-refractivity contribution in [3.8, 4) is 5.75 Å². The summed E-state index contributed by atoms with van der Waals surface area (Å²) in [4.78, 5) is 21.9. The van der Waals surface area contributed by atoms with Crippen molar-refractivity contribution >= 4 is 23.4 Å². The molecule has 0 radical (unpaired) electrons. The predicted octanol–water partition coefficient (Wildman–Crippen LogP) is 3.90. The van der Waals surface area contributed by atoms with E-state index in [-0.39, 0.29) is 23.8 Å². The topological polar surface area (TPSA) is 81.5 Å². The van der Waals surface area contributed by atoms with Gasteiger partial charge < -0.3 is 10.1 Å². The summed E-state index contributed by atoms with van der Waals surface area (Å²) in [5.74, 6) is 0.0738. The van der Waals surface area contributed by atoms with Crippen LogP contribution in [0.15, 0.2) is 53.4 Å². The van der Waals surface area contributed by atoms with E-state index in [9.17, 15) is 28.1 Å². The fraction of sp³-hybridized carbons (Fsp3) is 0.235. The van der Waals surface area contributed by atoms with Crippen molar-refractivity contribution in [1.29, 1.82) is 0 Å². The monoisotopic (exact) mass is 400 g/mol. The van der Waals surface area contributed by atoms with Gasteiger partial charge in [0.15, 0.2) is 0 Å². The third kappa shape index (κ3) is 6.48. The van der Waals surface area contributed by atoms with E-state index < -0.39 is 28.3 Å². The van der Waals surface area contributed by atoms with Crippen LogP contribution in [0.1, 0.15) is 5.56 Å². The Bertz CT molecular complexity index is 801. The average Bonchev–Trinajstić information content (AvgIpc) is 2.63. The summed E-state index contributed by atoms with van der Waals surface area (Å²) in [6, 6.07) is 11.2. The second-order valence-electron chi connectivity index (χ2n) is 5.24. The van der Waals surface area contributed by atoms with Crippen LogP contribution in [0, 0.1) is 10.1 Å². The van der Waals surface area contributed by atoms with Gasteiger partial charge in [-0.05, 0) is 24.3 Å². The molecule has 27 heavy (non-hydrogen) atoms. The maximum Gasteiger partial charge on any atom is 0.416 e. The van der Waals surface area contributed by atoms with Gasteiger partial charge >= 0.3 is 6.18 Å². The van der Waals surface area contributed by atoms with E-state index in [1.807, 2.05) is 18.2 Å². The number of hydrogen-bond donors (Lipinski definition) is 1. The summed E-state index contributed by atoms with van der Waals surface area (Å²) in [7, 11) is 0. The van der Waals surface area contributed by atoms with E-state index in [0.717, 1.165) is 23.9 Å². The van der Waals surface area contributed by atoms with Crippen LogP contribution >= 0.6 is 11.8 Å². The van der Waals surface area contributed by atoms with Gasteiger partial charge in [0.1, 0.15) is 12.4 Å². The van der Waals surface area contributed by atoms with Crippen LogP contribution in [0.3, 0.4) is 0 Å². The number of thioether (sulfide) groups is 1. The first kappa shape index (κ1) is 20.6. The Labute approximate surface area is 156 Å². The number of benzene rings is 2. The SMILES string of the molecule is O=C(CSc1ccc(C(F)(F)F)cc1[N+](=O)[O-])NCCOc1ccccc1. The molecule has 2 rings (SSSR count). The number of ether oxygens (including phenoxy) is 1. The Morgan fingerprint density at radius 3 is 2.52 bits per heavy atom. The molecule has 144 valence electrons. The molecule has 0 saturated carbocycles. The smallest absolute Gasteiger partial charge is 0.416 e. The molecular weight excluding hydrogens is 385 g/mol. The number of halogens is 3. The average molecular weight is 400 g/mol. The standard InChI is InChI=1S/C17H15F3N2O4S/c18-17(19,20)12-6-7-15(14(10-12)22(24)25)27-11-16(23)21-8-9-26-13-4-2-1-3-5-13/h1-7,10H,8-9,11H2,(H,21,23). The molecule has 2 aromatic rings. The zero-order valence-corrected chi connectivity index (χ0v) is 14.7. The first-order chi connectivity index (χ1) is 12.8. The van der Waals surface area contributed by atoms with Gasteiger partial charge in [0.05, 0.1) is 27.7 Å². The first-order valence-corrected chi connectivity index (χ1v) is 8.69. The van der Waals surface area contributed by atoms with Crippen molar-refractivity contribution in [3.05, 3.63) is 64.2 Å². The van der Waals surface area contributed by atoms with Crippen molar-refractivity contribution in [2.75, 3.05) is 18.9 Å². The second-order valence-corrected chi connectivity index (χ2v) is 6.25. The number of nitrogens with zero attached hydrogens (tertiary/aromatic N) is 1. The predicted molar refractivity (Wildman–Crippen MR) is 93.8 cm³/mol. The lowest BCUT2D eigenvalue weighted by Crippen LogP contribution is -2.29. The van der Waals surface area contributed by atoms with Crippen LogP contribution in [0.5, 0.6) is 5.75 Å². The lowest BCUT2D eigenvalue weighted by atomic mass is 10.2. The number of amides is 1. The van der Waals surface area contributed by atoms with Crippen molar-refractivity contribution in [3.63, 3.8) is 0 Å². The number of nitrogens with one attached hydrogen (secondary N) is 1. The van der Waals surface area contributed by atoms with Crippen molar-refractivity contribution in [2.45, 2.75) is 11.1 Å². The molecule has 0 aromatic heterocycles. The molecule has 0 heterocycles. The molecule has 0 atom stereocenters. The molecule has 0 saturated heterocycles. The molecule has 1 amide bonds. The van der Waals surface area contributed by atoms with Crippen LogP contribution in [0.4, 0.5) is 18.9 Å². The van der Waals surface area contributed by atoms with Gasteiger partial charge in [-0.25, -0.2) is 0 Å². The summed E-state index contributed by atoms with van der Waals surface area (Å²) < 4.78 is 43.4. The van der Waals surface area contributed by atoms with Gasteiger partial charge in [-0.1, -0.05) is 18.2 Å². The van der Waals surface area contributed by atoms with Crippen LogP contribution in [-0.4, -0.2) is 29.7 Å². The number of rotatable bonds is 8. The second kappa shape index (κ2) is 9.26. The molecule has 0 spiro atoms. The number of para-hydroxylation sites is 1. The van der Waals surface area contributed by atoms with Gasteiger partial charge in [-0.2, -0.15) is 13.2 Å². The molecule has 0 fully saturated rings. The summed E-state index contributed by atoms with van der Waals surface area (Å²) in [5, 5.41) is 13.6. The molecular formula is C17H15F3N2O4S. The molecule has 0 bridgehead atoms. The maximum absolute atomic E-state index is 12.7. The quantitative estimate of drug-likeness (QED) is 0.315. The van der Waals surface area contributed by atoms with Crippen molar-refractivity contribution in [2.24, 2.45) is 0 Å². The minimum absolute atomic E-state index is 0.0105. The highest BCUT2D eigenvalue weighted by Crippen LogP contribution is 2.36. The fourth-order valence-corrected chi connectivity index (χ4v) is 2.86. The van der Waals surface area contributed by atoms with E-state index in [1.54, 1.807) is 12.1 Å². The van der Waals surface area contributed by atoms with E-state index >= 15 is 0 Å². The molecule has 1 N–H and O–H groups in total. The van der Waals surface area contributed by atoms with Crippen molar-refractivity contribution < 1.29 is 27.6 Å². The van der Waals surface area contributed by atoms with E-state index in [0.29, 0.717) is 11.8 Å². The van der Waals surface area contributed by atoms with Gasteiger partial charge in [-0.15, -0.1) is 11.8 Å². The minimum atomic E-state index is -4.68. The number of carbonyl (C=O) groups is 1. The van der Waals surface area contributed by atoms with Gasteiger partial charge in [0.2, 0.25) is 5.91 Å². The Morgan fingerprint density at radius 2 is 1.89 bits per heavy atom. The minimum Gasteiger partial charge on any atom is -0.492 e. The van der Waals surface area contributed by atoms with E-state index in [1.165, 1.54) is 0 Å². The Hall–Kier alpha value is -2.75. The zero-order chi connectivity index (χ0) is 19.9. The summed E-state index contributed by atoms with van der Waals surface area (Å²) >= 11 is 0.795. The summed E-state index contributed by atoms with van der Waals surface area (Å²) in [6.07, 6.45) is -4.68. The highest BCUT2D eigenvalue weighted by molar-refractivity contribution is 8.00. The van der Waals surface area contributed by atoms with E-state index in [4.69, 9.17) is 4.74 Å². The third-order valence-corrected chi connectivity index (χ3v) is 4.34. The van der Waals surface area contributed by atoms with Crippen LogP contribution in [0.2, 0.25) is 0 Å². The summed E-state index contributed by atoms with van der Waals surface area (Å²) in [5.41, 5.74) is -1.80.